The highest BCUT2D eigenvalue weighted by molar-refractivity contribution is 7.91. The fourth-order valence-electron chi connectivity index (χ4n) is 1.74. The van der Waals surface area contributed by atoms with E-state index in [2.05, 4.69) is 0 Å². The van der Waals surface area contributed by atoms with Gasteiger partial charge in [-0.1, -0.05) is 0 Å². The first-order valence-corrected chi connectivity index (χ1v) is 8.12. The number of hydrogen-bond acceptors (Lipinski definition) is 5. The first-order valence-electron chi connectivity index (χ1n) is 4.58. The lowest BCUT2D eigenvalue weighted by atomic mass is 10.0. The molecule has 6 nitrogen and oxygen atoms in total. The zero-order valence-electron chi connectivity index (χ0n) is 8.16. The zero-order valence-corrected chi connectivity index (χ0v) is 9.80. The molecule has 1 aliphatic heterocycles. The predicted octanol–water partition coefficient (Wildman–Crippen LogP) is -1.54. The summed E-state index contributed by atoms with van der Waals surface area (Å²) in [6, 6.07) is 0. The molecular weight excluding hydrogens is 242 g/mol. The van der Waals surface area contributed by atoms with E-state index in [1.54, 1.807) is 0 Å². The Morgan fingerprint density at radius 1 is 1.47 bits per heavy atom. The first kappa shape index (κ1) is 12.9. The molecule has 0 radical (unpaired) electrons. The van der Waals surface area contributed by atoms with Crippen LogP contribution in [0.3, 0.4) is 0 Å². The number of sulfonamides is 1. The summed E-state index contributed by atoms with van der Waals surface area (Å²) >= 11 is 0. The molecule has 3 N–H and O–H groups in total. The van der Waals surface area contributed by atoms with E-state index in [0.717, 1.165) is 0 Å². The summed E-state index contributed by atoms with van der Waals surface area (Å²) in [5.74, 6) is -1.12. The van der Waals surface area contributed by atoms with Gasteiger partial charge in [0.25, 0.3) is 0 Å². The van der Waals surface area contributed by atoms with Gasteiger partial charge in [0.1, 0.15) is 0 Å². The molecule has 0 bridgehead atoms. The number of hydrogen-bond donors (Lipinski definition) is 2. The minimum absolute atomic E-state index is 0.117. The van der Waals surface area contributed by atoms with E-state index < -0.39 is 37.6 Å². The third kappa shape index (κ3) is 4.45. The van der Waals surface area contributed by atoms with Crippen molar-refractivity contribution >= 4 is 19.9 Å². The Kier molecular flexibility index (Phi) is 3.75. The maximum absolute atomic E-state index is 11.2. The molecule has 0 amide bonds. The van der Waals surface area contributed by atoms with E-state index in [1.165, 1.54) is 0 Å². The van der Waals surface area contributed by atoms with Crippen molar-refractivity contribution in [3.05, 3.63) is 0 Å². The highest BCUT2D eigenvalue weighted by Crippen LogP contribution is 2.21. The third-order valence-electron chi connectivity index (χ3n) is 2.45. The van der Waals surface area contributed by atoms with E-state index in [1.807, 2.05) is 0 Å². The average molecular weight is 257 g/mol. The van der Waals surface area contributed by atoms with Gasteiger partial charge in [-0.3, -0.25) is 0 Å². The van der Waals surface area contributed by atoms with Crippen molar-refractivity contribution < 1.29 is 21.9 Å². The fraction of sp³-hybridized carbons (Fsp3) is 1.00. The number of sulfone groups is 1. The molecule has 0 aromatic heterocycles. The molecule has 8 heteroatoms. The van der Waals surface area contributed by atoms with Crippen molar-refractivity contribution in [1.82, 2.24) is 0 Å². The monoisotopic (exact) mass is 257 g/mol. The van der Waals surface area contributed by atoms with Crippen LogP contribution in [0.25, 0.3) is 0 Å². The Bertz CT molecular complexity index is 413. The molecule has 2 unspecified atom stereocenters. The summed E-state index contributed by atoms with van der Waals surface area (Å²) < 4.78 is 43.9. The predicted molar refractivity (Wildman–Crippen MR) is 55.4 cm³/mol. The second-order valence-corrected chi connectivity index (χ2v) is 7.80. The van der Waals surface area contributed by atoms with Gasteiger partial charge in [0.05, 0.1) is 23.4 Å². The normalized spacial score (nSPS) is 28.5. The van der Waals surface area contributed by atoms with Crippen LogP contribution in [0, 0.1) is 5.92 Å². The Hall–Kier alpha value is -0.180. The summed E-state index contributed by atoms with van der Waals surface area (Å²) in [7, 11) is -6.88. The van der Waals surface area contributed by atoms with Crippen molar-refractivity contribution in [2.75, 3.05) is 17.3 Å². The number of primary sulfonamides is 1. The smallest absolute Gasteiger partial charge is 0.211 e. The maximum atomic E-state index is 11.2. The molecule has 0 aromatic rings. The zero-order chi connectivity index (χ0) is 11.7. The van der Waals surface area contributed by atoms with Crippen molar-refractivity contribution in [3.8, 4) is 0 Å². The van der Waals surface area contributed by atoms with Crippen LogP contribution < -0.4 is 5.14 Å². The van der Waals surface area contributed by atoms with Gasteiger partial charge in [0.15, 0.2) is 9.84 Å². The molecule has 0 aliphatic carbocycles. The van der Waals surface area contributed by atoms with Crippen molar-refractivity contribution in [1.29, 1.82) is 0 Å². The molecule has 1 rings (SSSR count). The van der Waals surface area contributed by atoms with Gasteiger partial charge in [-0.05, 0) is 18.8 Å². The van der Waals surface area contributed by atoms with E-state index in [9.17, 15) is 21.9 Å². The lowest BCUT2D eigenvalue weighted by molar-refractivity contribution is 0.131. The molecule has 1 aliphatic rings. The topological polar surface area (TPSA) is 115 Å². The van der Waals surface area contributed by atoms with Crippen molar-refractivity contribution in [2.45, 2.75) is 18.9 Å². The lowest BCUT2D eigenvalue weighted by Crippen LogP contribution is -2.38. The van der Waals surface area contributed by atoms with Crippen LogP contribution in [0.4, 0.5) is 0 Å². The van der Waals surface area contributed by atoms with Crippen LogP contribution in [0.15, 0.2) is 0 Å². The van der Waals surface area contributed by atoms with Gasteiger partial charge in [0, 0.05) is 0 Å². The molecular formula is C7H15NO5S2. The second-order valence-electron chi connectivity index (χ2n) is 3.91. The molecule has 15 heavy (non-hydrogen) atoms. The van der Waals surface area contributed by atoms with Crippen LogP contribution in [0.5, 0.6) is 0 Å². The average Bonchev–Trinajstić information content (AvgIpc) is 1.99. The van der Waals surface area contributed by atoms with Crippen molar-refractivity contribution in [2.24, 2.45) is 11.1 Å². The van der Waals surface area contributed by atoms with E-state index in [4.69, 9.17) is 5.14 Å². The Balaban J connectivity index is 2.65. The highest BCUT2D eigenvalue weighted by atomic mass is 32.2. The minimum atomic E-state index is -3.75. The van der Waals surface area contributed by atoms with Gasteiger partial charge in [-0.15, -0.1) is 0 Å². The standard InChI is InChI=1S/C7H15NO5S2/c8-15(12,13)5-7(9)6-2-1-3-14(10,11)4-6/h6-7,9H,1-5H2,(H2,8,12,13). The molecule has 90 valence electrons. The molecule has 1 saturated heterocycles. The quantitative estimate of drug-likeness (QED) is 0.636. The largest absolute Gasteiger partial charge is 0.392 e. The SMILES string of the molecule is NS(=O)(=O)CC(O)C1CCCS(=O)(=O)C1. The molecule has 2 atom stereocenters. The molecule has 0 aromatic carbocycles. The number of nitrogens with two attached hydrogens (primary N) is 1. The molecule has 0 saturated carbocycles. The first-order chi connectivity index (χ1) is 6.70. The van der Waals surface area contributed by atoms with Crippen LogP contribution in [-0.4, -0.2) is 45.3 Å². The van der Waals surface area contributed by atoms with Crippen molar-refractivity contribution in [3.63, 3.8) is 0 Å². The lowest BCUT2D eigenvalue weighted by Gasteiger charge is -2.25. The van der Waals surface area contributed by atoms with Gasteiger partial charge in [0.2, 0.25) is 10.0 Å². The summed E-state index contributed by atoms with van der Waals surface area (Å²) in [6.07, 6.45) is -0.194. The highest BCUT2D eigenvalue weighted by Gasteiger charge is 2.31. The number of aliphatic hydroxyl groups is 1. The Morgan fingerprint density at radius 2 is 2.07 bits per heavy atom. The van der Waals surface area contributed by atoms with Gasteiger partial charge >= 0.3 is 0 Å². The third-order valence-corrected chi connectivity index (χ3v) is 5.10. The van der Waals surface area contributed by atoms with Crippen LogP contribution in [0.1, 0.15) is 12.8 Å². The molecule has 1 fully saturated rings. The van der Waals surface area contributed by atoms with Gasteiger partial charge in [-0.2, -0.15) is 0 Å². The minimum Gasteiger partial charge on any atom is -0.392 e. The number of rotatable bonds is 3. The van der Waals surface area contributed by atoms with Gasteiger partial charge < -0.3 is 5.11 Å². The van der Waals surface area contributed by atoms with Crippen LogP contribution in [-0.2, 0) is 19.9 Å². The molecule has 0 spiro atoms. The van der Waals surface area contributed by atoms with E-state index in [-0.39, 0.29) is 11.5 Å². The Morgan fingerprint density at radius 3 is 2.53 bits per heavy atom. The van der Waals surface area contributed by atoms with E-state index >= 15 is 0 Å². The summed E-state index contributed by atoms with van der Waals surface area (Å²) in [5, 5.41) is 14.3. The van der Waals surface area contributed by atoms with E-state index in [0.29, 0.717) is 12.8 Å². The summed E-state index contributed by atoms with van der Waals surface area (Å²) in [5.41, 5.74) is 0. The van der Waals surface area contributed by atoms with Crippen LogP contribution in [0.2, 0.25) is 0 Å². The van der Waals surface area contributed by atoms with Gasteiger partial charge in [-0.25, -0.2) is 22.0 Å². The molecule has 1 heterocycles. The number of aliphatic hydroxyl groups excluding tert-OH is 1. The Labute approximate surface area is 89.4 Å². The fourth-order valence-corrected chi connectivity index (χ4v) is 4.30. The second kappa shape index (κ2) is 4.36. The summed E-state index contributed by atoms with van der Waals surface area (Å²) in [6.45, 7) is 0. The van der Waals surface area contributed by atoms with Crippen LogP contribution >= 0.6 is 0 Å². The maximum Gasteiger partial charge on any atom is 0.211 e. The summed E-state index contributed by atoms with van der Waals surface area (Å²) in [4.78, 5) is 0.